The average Bonchev–Trinajstić information content (AvgIpc) is 3.24. The number of hydrogen-bond donors (Lipinski definition) is 11. The Morgan fingerprint density at radius 3 is 1.86 bits per heavy atom. The van der Waals surface area contributed by atoms with E-state index in [9.17, 15) is 65.4 Å². The number of rotatable bonds is 3. The Kier molecular flexibility index (Phi) is 23.5. The first-order valence-electron chi connectivity index (χ1n) is 22.2. The van der Waals surface area contributed by atoms with Crippen molar-refractivity contribution in [1.29, 1.82) is 0 Å². The van der Waals surface area contributed by atoms with Gasteiger partial charge in [-0.05, 0) is 19.8 Å². The van der Waals surface area contributed by atoms with Crippen molar-refractivity contribution in [3.8, 4) is 12.3 Å². The highest BCUT2D eigenvalue weighted by Crippen LogP contribution is 2.38. The summed E-state index contributed by atoms with van der Waals surface area (Å²) in [7, 11) is 0. The van der Waals surface area contributed by atoms with Gasteiger partial charge < -0.3 is 75.7 Å². The lowest BCUT2D eigenvalue weighted by atomic mass is 9.82. The quantitative estimate of drug-likeness (QED) is 0.136. The molecule has 0 saturated carbocycles. The van der Waals surface area contributed by atoms with Gasteiger partial charge in [0.25, 0.3) is 0 Å². The molecule has 2 bridgehead atoms. The fraction of sp³-hybridized carbons (Fsp3) is 0.604. The molecular weight excluding hydrogens is 863 g/mol. The van der Waals surface area contributed by atoms with Crippen LogP contribution in [0.15, 0.2) is 85.1 Å². The van der Waals surface area contributed by atoms with Gasteiger partial charge in [-0.2, -0.15) is 0 Å². The summed E-state index contributed by atoms with van der Waals surface area (Å²) >= 11 is 0. The Morgan fingerprint density at radius 1 is 0.742 bits per heavy atom. The second-order valence-electron chi connectivity index (χ2n) is 17.3. The van der Waals surface area contributed by atoms with Crippen LogP contribution in [0.5, 0.6) is 0 Å². The number of nitrogens with two attached hydrogens (primary N) is 1. The molecule has 18 heteroatoms. The Bertz CT molecular complexity index is 1800. The molecule has 0 radical (unpaired) electrons. The first-order valence-corrected chi connectivity index (χ1v) is 22.2. The van der Waals surface area contributed by atoms with Crippen molar-refractivity contribution in [2.75, 3.05) is 0 Å². The van der Waals surface area contributed by atoms with Crippen LogP contribution in [0.25, 0.3) is 0 Å². The van der Waals surface area contributed by atoms with Crippen LogP contribution in [0, 0.1) is 30.1 Å². The number of carboxylic acids is 1. The number of ether oxygens (including phenoxy) is 4. The minimum Gasteiger partial charge on any atom is -0.481 e. The van der Waals surface area contributed by atoms with Crippen LogP contribution in [0.3, 0.4) is 0 Å². The van der Waals surface area contributed by atoms with Crippen molar-refractivity contribution in [3.63, 3.8) is 0 Å². The zero-order valence-electron chi connectivity index (χ0n) is 37.5. The summed E-state index contributed by atoms with van der Waals surface area (Å²) in [5, 5.41) is 108. The molecule has 3 aliphatic rings. The molecule has 66 heavy (non-hydrogen) atoms. The van der Waals surface area contributed by atoms with Gasteiger partial charge in [-0.15, -0.1) is 6.42 Å². The van der Waals surface area contributed by atoms with Gasteiger partial charge in [-0.1, -0.05) is 105 Å². The lowest BCUT2D eigenvalue weighted by molar-refractivity contribution is -0.310. The van der Waals surface area contributed by atoms with Crippen LogP contribution in [0.1, 0.15) is 72.1 Å². The summed E-state index contributed by atoms with van der Waals surface area (Å²) in [6, 6.07) is -1.16. The largest absolute Gasteiger partial charge is 0.481 e. The molecule has 6 unspecified atom stereocenters. The number of allylic oxidation sites excluding steroid dienone is 12. The number of Topliss-reactive ketones (excluding diaryl/α,β-unsaturated/α-hetero) is 1. The van der Waals surface area contributed by atoms with Crippen LogP contribution >= 0.6 is 0 Å². The molecule has 0 spiro atoms. The third-order valence-corrected chi connectivity index (χ3v) is 11.7. The van der Waals surface area contributed by atoms with E-state index in [0.717, 1.165) is 0 Å². The van der Waals surface area contributed by atoms with Gasteiger partial charge in [0.15, 0.2) is 18.2 Å². The number of aliphatic hydroxyl groups is 9. The smallest absolute Gasteiger partial charge is 0.311 e. The topological polar surface area (TPSA) is 316 Å². The number of terminal acetylenes is 1. The Balaban J connectivity index is 1.87. The maximum atomic E-state index is 12.7. The molecule has 0 amide bonds. The summed E-state index contributed by atoms with van der Waals surface area (Å²) < 4.78 is 23.0. The average molecular weight is 932 g/mol. The summed E-state index contributed by atoms with van der Waals surface area (Å²) in [5.74, 6) is -5.72. The summed E-state index contributed by atoms with van der Waals surface area (Å²) in [4.78, 5) is 37.8. The maximum Gasteiger partial charge on any atom is 0.311 e. The number of aliphatic hydroxyl groups excluding tert-OH is 8. The van der Waals surface area contributed by atoms with Gasteiger partial charge in [0.05, 0.1) is 73.5 Å². The van der Waals surface area contributed by atoms with Crippen LogP contribution in [-0.2, 0) is 33.3 Å². The molecule has 0 aromatic rings. The first kappa shape index (κ1) is 56.2. The summed E-state index contributed by atoms with van der Waals surface area (Å²) in [6.07, 6.45) is 8.11. The Labute approximate surface area is 385 Å². The van der Waals surface area contributed by atoms with Crippen LogP contribution in [0.4, 0.5) is 0 Å². The van der Waals surface area contributed by atoms with E-state index in [1.54, 1.807) is 92.8 Å². The second-order valence-corrected chi connectivity index (χ2v) is 17.3. The van der Waals surface area contributed by atoms with E-state index in [0.29, 0.717) is 0 Å². The van der Waals surface area contributed by atoms with Crippen molar-refractivity contribution in [1.82, 2.24) is 0 Å². The van der Waals surface area contributed by atoms with Gasteiger partial charge in [-0.3, -0.25) is 14.4 Å². The van der Waals surface area contributed by atoms with Crippen molar-refractivity contribution in [2.24, 2.45) is 23.5 Å². The first-order chi connectivity index (χ1) is 31.2. The molecule has 18 nitrogen and oxygen atoms in total. The Hall–Kier alpha value is -4.17. The molecule has 0 aromatic heterocycles. The van der Waals surface area contributed by atoms with E-state index in [1.807, 2.05) is 0 Å². The standard InChI is InChI=1S/C48H69NO17/c1-5-38-29(3)43(57)28(2)18-16-14-12-10-8-6-7-9-11-13-15-17-19-34(64-47-45(59)42(49)44(58)30(4)63-47)25-39-41(46(60)61)37(55)27-48(62,66-39)26-36(54)35(53)21-20-31(50)22-32(51)23-33(52)24-40(56)65-38/h1,6-19,28-31,33-39,41-45,47,50,52-55,57-59,62H,20-27,49H2,2-4H3,(H,60,61)/b7-6-,10-8-,11-9-,14-12-,15-13-,18-16-,19-17-/t28-,29-,30?,31+,33+,34-,35+,36+,37-,38-,39?,41+,42?,43+,44?,45?,47?,48+/m0/s1. The number of carbonyl (C=O) groups is 3. The highest BCUT2D eigenvalue weighted by Gasteiger charge is 2.51. The number of cyclic esters (lactones) is 1. The number of ketones is 1. The molecule has 3 heterocycles. The number of hydrogen-bond acceptors (Lipinski definition) is 17. The predicted octanol–water partition coefficient (Wildman–Crippen LogP) is 0.533. The molecular formula is C48H69NO17. The maximum absolute atomic E-state index is 12.7. The molecule has 12 N–H and O–H groups in total. The van der Waals surface area contributed by atoms with E-state index < -0.39 is 153 Å². The molecule has 3 aliphatic heterocycles. The number of fused-ring (bicyclic) bond motifs is 2. The van der Waals surface area contributed by atoms with Gasteiger partial charge in [-0.25, -0.2) is 0 Å². The molecule has 0 aliphatic carbocycles. The monoisotopic (exact) mass is 931 g/mol. The van der Waals surface area contributed by atoms with Gasteiger partial charge >= 0.3 is 11.9 Å². The number of aliphatic carboxylic acids is 1. The molecule has 2 saturated heterocycles. The number of carbonyl (C=O) groups excluding carboxylic acids is 2. The van der Waals surface area contributed by atoms with Gasteiger partial charge in [0.1, 0.15) is 17.8 Å². The fourth-order valence-corrected chi connectivity index (χ4v) is 7.83. The fourth-order valence-electron chi connectivity index (χ4n) is 7.83. The van der Waals surface area contributed by atoms with Crippen molar-refractivity contribution >= 4 is 17.7 Å². The van der Waals surface area contributed by atoms with Crippen LogP contribution in [-0.4, -0.2) is 160 Å². The Morgan fingerprint density at radius 2 is 1.29 bits per heavy atom. The zero-order chi connectivity index (χ0) is 49.1. The van der Waals surface area contributed by atoms with Gasteiger partial charge in [0, 0.05) is 43.9 Å². The van der Waals surface area contributed by atoms with Gasteiger partial charge in [0.2, 0.25) is 0 Å². The highest BCUT2D eigenvalue weighted by atomic mass is 16.7. The van der Waals surface area contributed by atoms with Crippen molar-refractivity contribution < 1.29 is 84.4 Å². The molecule has 3 rings (SSSR count). The minimum atomic E-state index is -2.38. The van der Waals surface area contributed by atoms with Crippen molar-refractivity contribution in [2.45, 2.75) is 164 Å². The molecule has 0 aromatic carbocycles. The summed E-state index contributed by atoms with van der Waals surface area (Å²) in [5.41, 5.74) is 6.01. The van der Waals surface area contributed by atoms with Crippen LogP contribution < -0.4 is 5.73 Å². The van der Waals surface area contributed by atoms with Crippen LogP contribution in [0.2, 0.25) is 0 Å². The summed E-state index contributed by atoms with van der Waals surface area (Å²) in [6.45, 7) is 4.90. The van der Waals surface area contributed by atoms with E-state index in [1.165, 1.54) is 13.0 Å². The SMILES string of the molecule is C#C[C@@H]1OC(=O)C[C@H](O)CC(=O)C[C@H](O)CC[C@@H](O)[C@H](O)C[C@]2(O)C[C@H](O)[C@@H](C(=O)O)C(C[C@@H](OC3OC(C)C(O)C(N)C3O)\C=C/C=C\C=C/C=C\C=C/C=C\C=C/[C@H](C)[C@@H](O)[C@H]1C)O2. The molecule has 2 fully saturated rings. The number of esters is 1. The van der Waals surface area contributed by atoms with E-state index >= 15 is 0 Å². The zero-order valence-corrected chi connectivity index (χ0v) is 37.5. The molecule has 368 valence electrons. The van der Waals surface area contributed by atoms with E-state index in [-0.39, 0.29) is 25.2 Å². The van der Waals surface area contributed by atoms with E-state index in [2.05, 4.69) is 5.92 Å². The third kappa shape index (κ3) is 18.1. The third-order valence-electron chi connectivity index (χ3n) is 11.7. The van der Waals surface area contributed by atoms with E-state index in [4.69, 9.17) is 31.1 Å². The number of carboxylic acid groups (broad SMARTS) is 1. The normalized spacial score (nSPS) is 43.7. The lowest BCUT2D eigenvalue weighted by Crippen LogP contribution is -2.61. The minimum absolute atomic E-state index is 0.223. The highest BCUT2D eigenvalue weighted by molar-refractivity contribution is 5.80. The molecule has 18 atom stereocenters. The van der Waals surface area contributed by atoms with Crippen molar-refractivity contribution in [3.05, 3.63) is 85.1 Å². The second kappa shape index (κ2) is 27.6. The lowest BCUT2D eigenvalue weighted by Gasteiger charge is -2.45. The predicted molar refractivity (Wildman–Crippen MR) is 239 cm³/mol.